The van der Waals surface area contributed by atoms with Crippen molar-refractivity contribution in [3.05, 3.63) is 59.0 Å². The van der Waals surface area contributed by atoms with E-state index in [0.29, 0.717) is 25.2 Å². The number of aliphatic carboxylic acids is 1. The third-order valence-corrected chi connectivity index (χ3v) is 5.95. The minimum absolute atomic E-state index is 0.0339. The fourth-order valence-electron chi connectivity index (χ4n) is 4.24. The average Bonchev–Trinajstić information content (AvgIpc) is 3.11. The topological polar surface area (TPSA) is 85.8 Å². The quantitative estimate of drug-likeness (QED) is 0.678. The van der Waals surface area contributed by atoms with Crippen molar-refractivity contribution in [1.82, 2.24) is 14.8 Å². The molecule has 8 heteroatoms. The third kappa shape index (κ3) is 4.95. The SMILES string of the molecule is O=C(O)[C@@H](CN1CCN(CCCc2ccc3c(n2)NCCC3)C1=O)c1cccc(F)c1. The van der Waals surface area contributed by atoms with Crippen LogP contribution in [0.4, 0.5) is 15.0 Å². The zero-order valence-corrected chi connectivity index (χ0v) is 17.4. The number of pyridine rings is 1. The van der Waals surface area contributed by atoms with Crippen molar-refractivity contribution in [1.29, 1.82) is 0 Å². The molecule has 0 saturated carbocycles. The van der Waals surface area contributed by atoms with Crippen LogP contribution in [0.25, 0.3) is 0 Å². The number of nitrogens with zero attached hydrogens (tertiary/aromatic N) is 3. The van der Waals surface area contributed by atoms with Crippen LogP contribution in [0.3, 0.4) is 0 Å². The molecule has 0 aliphatic carbocycles. The first-order valence-electron chi connectivity index (χ1n) is 10.8. The number of nitrogens with one attached hydrogen (secondary N) is 1. The van der Waals surface area contributed by atoms with Gasteiger partial charge in [0.15, 0.2) is 0 Å². The minimum atomic E-state index is -1.07. The zero-order chi connectivity index (χ0) is 21.8. The number of hydrogen-bond acceptors (Lipinski definition) is 4. The molecule has 2 amide bonds. The standard InChI is InChI=1S/C23H27FN4O3/c24-18-6-1-4-17(14-18)20(22(29)30)15-28-13-12-27(23(28)31)11-3-7-19-9-8-16-5-2-10-25-21(16)26-19/h1,4,6,8-9,14,20H,2-3,5,7,10-13,15H2,(H,25,26)(H,29,30)/t20-/m0/s1. The molecule has 0 unspecified atom stereocenters. The fourth-order valence-corrected chi connectivity index (χ4v) is 4.24. The average molecular weight is 426 g/mol. The van der Waals surface area contributed by atoms with Gasteiger partial charge in [0.2, 0.25) is 0 Å². The maximum Gasteiger partial charge on any atom is 0.320 e. The number of halogens is 1. The number of anilines is 1. The highest BCUT2D eigenvalue weighted by Crippen LogP contribution is 2.22. The molecule has 1 aromatic heterocycles. The van der Waals surface area contributed by atoms with Crippen LogP contribution in [-0.2, 0) is 17.6 Å². The molecule has 2 aliphatic rings. The Kier molecular flexibility index (Phi) is 6.34. The molecule has 1 saturated heterocycles. The summed E-state index contributed by atoms with van der Waals surface area (Å²) in [6.45, 7) is 2.62. The van der Waals surface area contributed by atoms with Crippen LogP contribution < -0.4 is 5.32 Å². The summed E-state index contributed by atoms with van der Waals surface area (Å²) >= 11 is 0. The van der Waals surface area contributed by atoms with E-state index in [1.165, 1.54) is 23.8 Å². The number of fused-ring (bicyclic) bond motifs is 1. The van der Waals surface area contributed by atoms with Crippen LogP contribution in [0.15, 0.2) is 36.4 Å². The summed E-state index contributed by atoms with van der Waals surface area (Å²) in [6.07, 6.45) is 3.75. The van der Waals surface area contributed by atoms with Gasteiger partial charge >= 0.3 is 12.0 Å². The molecular formula is C23H27FN4O3. The van der Waals surface area contributed by atoms with Crippen molar-refractivity contribution in [2.45, 2.75) is 31.6 Å². The Morgan fingerprint density at radius 1 is 1.23 bits per heavy atom. The zero-order valence-electron chi connectivity index (χ0n) is 17.4. The van der Waals surface area contributed by atoms with Gasteiger partial charge in [-0.05, 0) is 55.0 Å². The van der Waals surface area contributed by atoms with Gasteiger partial charge in [0, 0.05) is 38.4 Å². The largest absolute Gasteiger partial charge is 0.481 e. The first kappa shape index (κ1) is 21.1. The van der Waals surface area contributed by atoms with Gasteiger partial charge in [-0.25, -0.2) is 14.2 Å². The summed E-state index contributed by atoms with van der Waals surface area (Å²) in [5.41, 5.74) is 2.63. The summed E-state index contributed by atoms with van der Waals surface area (Å²) in [6, 6.07) is 9.59. The molecule has 1 aromatic carbocycles. The predicted octanol–water partition coefficient (Wildman–Crippen LogP) is 3.12. The molecule has 4 rings (SSSR count). The van der Waals surface area contributed by atoms with Crippen molar-refractivity contribution in [2.75, 3.05) is 38.0 Å². The summed E-state index contributed by atoms with van der Waals surface area (Å²) in [5, 5.41) is 12.9. The third-order valence-electron chi connectivity index (χ3n) is 5.95. The minimum Gasteiger partial charge on any atom is -0.481 e. The van der Waals surface area contributed by atoms with Crippen molar-refractivity contribution >= 4 is 17.8 Å². The van der Waals surface area contributed by atoms with Crippen molar-refractivity contribution in [2.24, 2.45) is 0 Å². The maximum atomic E-state index is 13.5. The van der Waals surface area contributed by atoms with Gasteiger partial charge in [-0.15, -0.1) is 0 Å². The van der Waals surface area contributed by atoms with Crippen molar-refractivity contribution < 1.29 is 19.1 Å². The Balaban J connectivity index is 1.31. The van der Waals surface area contributed by atoms with E-state index in [-0.39, 0.29) is 12.6 Å². The second-order valence-electron chi connectivity index (χ2n) is 8.11. The normalized spacial score (nSPS) is 16.7. The number of carboxylic acids is 1. The Morgan fingerprint density at radius 3 is 2.87 bits per heavy atom. The number of rotatable bonds is 8. The molecule has 164 valence electrons. The molecule has 2 aliphatic heterocycles. The van der Waals surface area contributed by atoms with Gasteiger partial charge < -0.3 is 20.2 Å². The fraction of sp³-hybridized carbons (Fsp3) is 0.435. The number of hydrogen-bond donors (Lipinski definition) is 2. The second kappa shape index (κ2) is 9.32. The maximum absolute atomic E-state index is 13.5. The highest BCUT2D eigenvalue weighted by atomic mass is 19.1. The molecule has 3 heterocycles. The van der Waals surface area contributed by atoms with Crippen LogP contribution in [-0.4, -0.2) is 64.6 Å². The number of carbonyl (C=O) groups is 2. The second-order valence-corrected chi connectivity index (χ2v) is 8.11. The van der Waals surface area contributed by atoms with Crippen LogP contribution in [0, 0.1) is 5.82 Å². The summed E-state index contributed by atoms with van der Waals surface area (Å²) in [5.74, 6) is -1.52. The van der Waals surface area contributed by atoms with Crippen molar-refractivity contribution in [3.8, 4) is 0 Å². The lowest BCUT2D eigenvalue weighted by Crippen LogP contribution is -2.36. The molecular weight excluding hydrogens is 399 g/mol. The molecule has 0 spiro atoms. The van der Waals surface area contributed by atoms with E-state index in [4.69, 9.17) is 0 Å². The first-order chi connectivity index (χ1) is 15.0. The lowest BCUT2D eigenvalue weighted by Gasteiger charge is -2.22. The molecule has 2 N–H and O–H groups in total. The number of carboxylic acid groups (broad SMARTS) is 1. The molecule has 1 fully saturated rings. The van der Waals surface area contributed by atoms with Gasteiger partial charge in [0.05, 0.1) is 5.92 Å². The number of amides is 2. The monoisotopic (exact) mass is 426 g/mol. The molecule has 2 aromatic rings. The number of urea groups is 1. The van der Waals surface area contributed by atoms with Crippen LogP contribution in [0.2, 0.25) is 0 Å². The van der Waals surface area contributed by atoms with E-state index in [2.05, 4.69) is 22.4 Å². The van der Waals surface area contributed by atoms with Gasteiger partial charge in [0.25, 0.3) is 0 Å². The smallest absolute Gasteiger partial charge is 0.320 e. The van der Waals surface area contributed by atoms with E-state index in [1.807, 2.05) is 0 Å². The summed E-state index contributed by atoms with van der Waals surface area (Å²) in [4.78, 5) is 32.5. The van der Waals surface area contributed by atoms with E-state index >= 15 is 0 Å². The number of aryl methyl sites for hydroxylation is 2. The highest BCUT2D eigenvalue weighted by Gasteiger charge is 2.32. The lowest BCUT2D eigenvalue weighted by molar-refractivity contribution is -0.139. The number of aromatic nitrogens is 1. The molecule has 0 bridgehead atoms. The molecule has 7 nitrogen and oxygen atoms in total. The predicted molar refractivity (Wildman–Crippen MR) is 115 cm³/mol. The molecule has 0 radical (unpaired) electrons. The Bertz CT molecular complexity index is 968. The number of carbonyl (C=O) groups excluding carboxylic acids is 1. The van der Waals surface area contributed by atoms with Crippen LogP contribution in [0.5, 0.6) is 0 Å². The Hall–Kier alpha value is -3.16. The van der Waals surface area contributed by atoms with E-state index in [9.17, 15) is 19.1 Å². The first-order valence-corrected chi connectivity index (χ1v) is 10.8. The van der Waals surface area contributed by atoms with Gasteiger partial charge in [0.1, 0.15) is 11.6 Å². The van der Waals surface area contributed by atoms with Gasteiger partial charge in [-0.1, -0.05) is 18.2 Å². The Labute approximate surface area is 180 Å². The molecule has 1 atom stereocenters. The summed E-state index contributed by atoms with van der Waals surface area (Å²) < 4.78 is 13.5. The van der Waals surface area contributed by atoms with E-state index in [0.717, 1.165) is 43.7 Å². The van der Waals surface area contributed by atoms with E-state index in [1.54, 1.807) is 15.9 Å². The molecule has 31 heavy (non-hydrogen) atoms. The van der Waals surface area contributed by atoms with E-state index < -0.39 is 17.7 Å². The van der Waals surface area contributed by atoms with Crippen LogP contribution >= 0.6 is 0 Å². The summed E-state index contributed by atoms with van der Waals surface area (Å²) in [7, 11) is 0. The Morgan fingerprint density at radius 2 is 2.06 bits per heavy atom. The van der Waals surface area contributed by atoms with Gasteiger partial charge in [-0.2, -0.15) is 0 Å². The van der Waals surface area contributed by atoms with Crippen LogP contribution in [0.1, 0.15) is 35.6 Å². The van der Waals surface area contributed by atoms with Crippen molar-refractivity contribution in [3.63, 3.8) is 0 Å². The van der Waals surface area contributed by atoms with Gasteiger partial charge in [-0.3, -0.25) is 4.79 Å². The lowest BCUT2D eigenvalue weighted by atomic mass is 9.98. The number of benzene rings is 1. The highest BCUT2D eigenvalue weighted by molar-refractivity contribution is 5.80.